The first-order valence-corrected chi connectivity index (χ1v) is 3.39. The summed E-state index contributed by atoms with van der Waals surface area (Å²) in [5.74, 6) is 0. The second kappa shape index (κ2) is 3.66. The van der Waals surface area contributed by atoms with Gasteiger partial charge in [0.15, 0.2) is 0 Å². The summed E-state index contributed by atoms with van der Waals surface area (Å²) in [5, 5.41) is 7.08. The highest BCUT2D eigenvalue weighted by Crippen LogP contribution is 2.03. The minimum absolute atomic E-state index is 1.08. The molecule has 0 aliphatic heterocycles. The van der Waals surface area contributed by atoms with Crippen LogP contribution in [0.3, 0.4) is 0 Å². The Morgan fingerprint density at radius 1 is 1.36 bits per heavy atom. The molecule has 0 fully saturated rings. The minimum atomic E-state index is 1.08. The average Bonchev–Trinajstić information content (AvgIpc) is 2.03. The van der Waals surface area contributed by atoms with Crippen LogP contribution in [0, 0.1) is 6.92 Å². The molecule has 0 bridgehead atoms. The molecule has 1 aromatic rings. The van der Waals surface area contributed by atoms with Gasteiger partial charge < -0.3 is 0 Å². The van der Waals surface area contributed by atoms with E-state index in [-0.39, 0.29) is 0 Å². The van der Waals surface area contributed by atoms with Crippen LogP contribution in [0.2, 0.25) is 0 Å². The number of nitrogens with zero attached hydrogens (tertiary/aromatic N) is 2. The lowest BCUT2D eigenvalue weighted by atomic mass is 10.1. The highest BCUT2D eigenvalue weighted by atomic mass is 15.2. The fourth-order valence-corrected chi connectivity index (χ4v) is 0.835. The lowest BCUT2D eigenvalue weighted by Gasteiger charge is -1.95. The van der Waals surface area contributed by atoms with Gasteiger partial charge in [0.25, 0.3) is 0 Å². The van der Waals surface area contributed by atoms with E-state index in [9.17, 15) is 0 Å². The summed E-state index contributed by atoms with van der Waals surface area (Å²) in [5.41, 5.74) is 2.28. The quantitative estimate of drug-likeness (QED) is 0.450. The predicted molar refractivity (Wildman–Crippen MR) is 48.3 cm³/mol. The molecule has 2 nitrogen and oxygen atoms in total. The molecule has 0 radical (unpaired) electrons. The van der Waals surface area contributed by atoms with Gasteiger partial charge in [-0.1, -0.05) is 24.3 Å². The molecule has 0 heterocycles. The Morgan fingerprint density at radius 2 is 2.09 bits per heavy atom. The molecule has 11 heavy (non-hydrogen) atoms. The van der Waals surface area contributed by atoms with Crippen LogP contribution in [-0.4, -0.2) is 12.9 Å². The van der Waals surface area contributed by atoms with E-state index in [1.807, 2.05) is 31.2 Å². The Bertz CT molecular complexity index is 277. The van der Waals surface area contributed by atoms with Crippen molar-refractivity contribution in [2.45, 2.75) is 6.92 Å². The highest BCUT2D eigenvalue weighted by Gasteiger charge is 1.89. The first-order valence-electron chi connectivity index (χ1n) is 3.39. The summed E-state index contributed by atoms with van der Waals surface area (Å²) >= 11 is 0. The number of rotatable bonds is 2. The van der Waals surface area contributed by atoms with E-state index in [2.05, 4.69) is 16.9 Å². The summed E-state index contributed by atoms with van der Waals surface area (Å²) in [7, 11) is 0. The Morgan fingerprint density at radius 3 is 2.73 bits per heavy atom. The van der Waals surface area contributed by atoms with E-state index in [1.165, 1.54) is 5.56 Å². The fraction of sp³-hybridized carbons (Fsp3) is 0.111. The van der Waals surface area contributed by atoms with Crippen molar-refractivity contribution < 1.29 is 0 Å². The third-order valence-corrected chi connectivity index (χ3v) is 1.47. The second-order valence-electron chi connectivity index (χ2n) is 2.24. The summed E-state index contributed by atoms with van der Waals surface area (Å²) in [6.07, 6.45) is 1.70. The first-order chi connectivity index (χ1) is 5.34. The van der Waals surface area contributed by atoms with Crippen molar-refractivity contribution in [1.82, 2.24) is 0 Å². The van der Waals surface area contributed by atoms with E-state index in [4.69, 9.17) is 0 Å². The van der Waals surface area contributed by atoms with Gasteiger partial charge in [-0.15, -0.1) is 0 Å². The van der Waals surface area contributed by atoms with Gasteiger partial charge >= 0.3 is 0 Å². The van der Waals surface area contributed by atoms with Crippen molar-refractivity contribution in [3.63, 3.8) is 0 Å². The zero-order chi connectivity index (χ0) is 8.10. The average molecular weight is 146 g/mol. The summed E-state index contributed by atoms with van der Waals surface area (Å²) < 4.78 is 0. The predicted octanol–water partition coefficient (Wildman–Crippen LogP) is 2.03. The SMILES string of the molecule is C=N/N=C\c1ccccc1C. The van der Waals surface area contributed by atoms with Crippen LogP contribution in [0.5, 0.6) is 0 Å². The maximum atomic E-state index is 3.69. The number of benzene rings is 1. The zero-order valence-corrected chi connectivity index (χ0v) is 6.49. The van der Waals surface area contributed by atoms with Crippen LogP contribution in [0.4, 0.5) is 0 Å². The third-order valence-electron chi connectivity index (χ3n) is 1.47. The van der Waals surface area contributed by atoms with Crippen LogP contribution in [0.15, 0.2) is 34.5 Å². The molecule has 0 saturated heterocycles. The van der Waals surface area contributed by atoms with Crippen molar-refractivity contribution >= 4 is 12.9 Å². The molecule has 0 aliphatic carbocycles. The van der Waals surface area contributed by atoms with Crippen molar-refractivity contribution in [2.75, 3.05) is 0 Å². The van der Waals surface area contributed by atoms with Crippen molar-refractivity contribution in [1.29, 1.82) is 0 Å². The Labute approximate surface area is 66.3 Å². The smallest absolute Gasteiger partial charge is 0.0570 e. The summed E-state index contributed by atoms with van der Waals surface area (Å²) in [6.45, 7) is 5.29. The molecule has 1 rings (SSSR count). The molecule has 0 saturated carbocycles. The van der Waals surface area contributed by atoms with Gasteiger partial charge in [-0.05, 0) is 18.1 Å². The lowest BCUT2D eigenvalue weighted by molar-refractivity contribution is 1.27. The molecule has 0 unspecified atom stereocenters. The lowest BCUT2D eigenvalue weighted by Crippen LogP contribution is -1.83. The van der Waals surface area contributed by atoms with E-state index < -0.39 is 0 Å². The number of hydrogen-bond acceptors (Lipinski definition) is 2. The van der Waals surface area contributed by atoms with Crippen molar-refractivity contribution in [3.05, 3.63) is 35.4 Å². The maximum absolute atomic E-state index is 3.69. The van der Waals surface area contributed by atoms with Crippen molar-refractivity contribution in [3.8, 4) is 0 Å². The minimum Gasteiger partial charge on any atom is -0.167 e. The third kappa shape index (κ3) is 2.00. The van der Waals surface area contributed by atoms with Gasteiger partial charge in [0.2, 0.25) is 0 Å². The van der Waals surface area contributed by atoms with Crippen LogP contribution in [0.25, 0.3) is 0 Å². The van der Waals surface area contributed by atoms with Gasteiger partial charge in [0, 0.05) is 6.72 Å². The largest absolute Gasteiger partial charge is 0.167 e. The van der Waals surface area contributed by atoms with Crippen LogP contribution >= 0.6 is 0 Å². The zero-order valence-electron chi connectivity index (χ0n) is 6.49. The molecule has 1 aromatic carbocycles. The number of aryl methyl sites for hydroxylation is 1. The van der Waals surface area contributed by atoms with Crippen LogP contribution < -0.4 is 0 Å². The van der Waals surface area contributed by atoms with Crippen LogP contribution in [0.1, 0.15) is 11.1 Å². The Balaban J connectivity index is 2.94. The normalized spacial score (nSPS) is 10.3. The van der Waals surface area contributed by atoms with E-state index in [0.29, 0.717) is 0 Å². The summed E-state index contributed by atoms with van der Waals surface area (Å²) in [4.78, 5) is 0. The first kappa shape index (κ1) is 7.66. The van der Waals surface area contributed by atoms with Gasteiger partial charge in [0.1, 0.15) is 0 Å². The second-order valence-corrected chi connectivity index (χ2v) is 2.24. The van der Waals surface area contributed by atoms with E-state index in [1.54, 1.807) is 6.21 Å². The molecule has 0 aromatic heterocycles. The Hall–Kier alpha value is -1.44. The van der Waals surface area contributed by atoms with E-state index in [0.717, 1.165) is 5.56 Å². The van der Waals surface area contributed by atoms with Gasteiger partial charge in [-0.2, -0.15) is 10.2 Å². The monoisotopic (exact) mass is 146 g/mol. The molecule has 56 valence electrons. The standard InChI is InChI=1S/C9H10N2/c1-8-5-3-4-6-9(8)7-11-10-2/h3-7H,2H2,1H3/b11-7-. The van der Waals surface area contributed by atoms with Gasteiger partial charge in [0.05, 0.1) is 6.21 Å². The van der Waals surface area contributed by atoms with Crippen molar-refractivity contribution in [2.24, 2.45) is 10.2 Å². The summed E-state index contributed by atoms with van der Waals surface area (Å²) in [6, 6.07) is 7.99. The van der Waals surface area contributed by atoms with Gasteiger partial charge in [-0.3, -0.25) is 0 Å². The van der Waals surface area contributed by atoms with Crippen LogP contribution in [-0.2, 0) is 0 Å². The molecule has 0 aliphatic rings. The molecule has 0 N–H and O–H groups in total. The molecule has 0 spiro atoms. The molecular formula is C9H10N2. The Kier molecular flexibility index (Phi) is 2.55. The molecule has 2 heteroatoms. The van der Waals surface area contributed by atoms with E-state index >= 15 is 0 Å². The fourth-order valence-electron chi connectivity index (χ4n) is 0.835. The molecule has 0 amide bonds. The van der Waals surface area contributed by atoms with Gasteiger partial charge in [-0.25, -0.2) is 0 Å². The molecule has 0 atom stereocenters. The maximum Gasteiger partial charge on any atom is 0.0570 e. The highest BCUT2D eigenvalue weighted by molar-refractivity contribution is 5.81. The number of hydrogen-bond donors (Lipinski definition) is 0. The topological polar surface area (TPSA) is 24.7 Å². The molecular weight excluding hydrogens is 136 g/mol.